The van der Waals surface area contributed by atoms with Crippen LogP contribution in [0.25, 0.3) is 11.3 Å². The van der Waals surface area contributed by atoms with Crippen molar-refractivity contribution in [3.8, 4) is 11.3 Å². The number of fused-ring (bicyclic) bond motifs is 1. The molecule has 2 saturated heterocycles. The smallest absolute Gasteiger partial charge is 0.410 e. The maximum absolute atomic E-state index is 12.9. The molecule has 0 radical (unpaired) electrons. The zero-order chi connectivity index (χ0) is 26.5. The minimum atomic E-state index is -0.535. The van der Waals surface area contributed by atoms with Crippen LogP contribution in [0, 0.1) is 5.92 Å². The number of ether oxygens (including phenoxy) is 2. The Labute approximate surface area is 218 Å². The van der Waals surface area contributed by atoms with Crippen molar-refractivity contribution in [1.29, 1.82) is 0 Å². The lowest BCUT2D eigenvalue weighted by Crippen LogP contribution is -2.52. The second-order valence-electron chi connectivity index (χ2n) is 11.6. The molecule has 2 aromatic rings. The molecule has 0 aliphatic carbocycles. The third kappa shape index (κ3) is 4.76. The molecule has 11 heteroatoms. The monoisotopic (exact) mass is 510 g/mol. The topological polar surface area (TPSA) is 123 Å². The summed E-state index contributed by atoms with van der Waals surface area (Å²) in [6, 6.07) is 0.154. The van der Waals surface area contributed by atoms with Crippen LogP contribution in [0.2, 0.25) is 0 Å². The number of carbonyl (C=O) groups excluding carboxylic acids is 1. The molecule has 200 valence electrons. The van der Waals surface area contributed by atoms with E-state index in [1.807, 2.05) is 25.7 Å². The summed E-state index contributed by atoms with van der Waals surface area (Å²) in [7, 11) is 0. The van der Waals surface area contributed by atoms with Gasteiger partial charge in [0.25, 0.3) is 0 Å². The molecular formula is C26H38N8O3. The van der Waals surface area contributed by atoms with Crippen molar-refractivity contribution in [2.45, 2.75) is 65.1 Å². The Balaban J connectivity index is 1.54. The van der Waals surface area contributed by atoms with Crippen molar-refractivity contribution in [1.82, 2.24) is 24.8 Å². The van der Waals surface area contributed by atoms with Gasteiger partial charge in [-0.05, 0) is 47.0 Å². The van der Waals surface area contributed by atoms with Crippen LogP contribution >= 0.6 is 0 Å². The van der Waals surface area contributed by atoms with Gasteiger partial charge in [0.05, 0.1) is 30.5 Å². The largest absolute Gasteiger partial charge is 0.444 e. The van der Waals surface area contributed by atoms with Crippen molar-refractivity contribution >= 4 is 23.8 Å². The predicted molar refractivity (Wildman–Crippen MR) is 142 cm³/mol. The zero-order valence-corrected chi connectivity index (χ0v) is 22.7. The van der Waals surface area contributed by atoms with Crippen molar-refractivity contribution in [3.05, 3.63) is 18.0 Å². The van der Waals surface area contributed by atoms with Crippen molar-refractivity contribution in [3.63, 3.8) is 0 Å². The van der Waals surface area contributed by atoms with Crippen molar-refractivity contribution in [2.24, 2.45) is 5.92 Å². The molecule has 0 bridgehead atoms. The second-order valence-corrected chi connectivity index (χ2v) is 11.6. The molecule has 5 rings (SSSR count). The Bertz CT molecular complexity index is 1170. The first kappa shape index (κ1) is 25.4. The number of nitrogen functional groups attached to an aromatic ring is 1. The van der Waals surface area contributed by atoms with Gasteiger partial charge in [-0.2, -0.15) is 4.98 Å². The van der Waals surface area contributed by atoms with Crippen LogP contribution in [-0.4, -0.2) is 87.5 Å². The second kappa shape index (κ2) is 9.27. The molecule has 5 heterocycles. The zero-order valence-electron chi connectivity index (χ0n) is 22.7. The third-order valence-electron chi connectivity index (χ3n) is 7.72. The summed E-state index contributed by atoms with van der Waals surface area (Å²) in [5.41, 5.74) is 7.65. The fourth-order valence-corrected chi connectivity index (χ4v) is 5.54. The van der Waals surface area contributed by atoms with E-state index in [0.29, 0.717) is 32.3 Å². The van der Waals surface area contributed by atoms with Crippen LogP contribution in [0.15, 0.2) is 12.4 Å². The molecule has 3 aliphatic rings. The summed E-state index contributed by atoms with van der Waals surface area (Å²) in [5, 5.41) is 0. The standard InChI is InChI=1S/C26H38N8O3/c1-16-13-32(24(35)37-25(3,4)5)15-26(16,6)34-8-7-19-20(18-11-28-22(27)29-12-18)30-23(31-21(19)34)33-9-10-36-14-17(33)2/h11-12,16-17H,7-10,13-15H2,1-6H3,(H2,27,28,29)/t16-,17-,26-/m0/s1. The Hall–Kier alpha value is -3.21. The Kier molecular flexibility index (Phi) is 6.37. The summed E-state index contributed by atoms with van der Waals surface area (Å²) in [6.45, 7) is 16.2. The average molecular weight is 511 g/mol. The fourth-order valence-electron chi connectivity index (χ4n) is 5.54. The summed E-state index contributed by atoms with van der Waals surface area (Å²) < 4.78 is 11.4. The Morgan fingerprint density at radius 3 is 2.59 bits per heavy atom. The van der Waals surface area contributed by atoms with Gasteiger partial charge in [0.2, 0.25) is 11.9 Å². The average Bonchev–Trinajstić information content (AvgIpc) is 3.40. The Morgan fingerprint density at radius 1 is 1.19 bits per heavy atom. The Morgan fingerprint density at radius 2 is 1.92 bits per heavy atom. The van der Waals surface area contributed by atoms with Gasteiger partial charge in [-0.1, -0.05) is 6.92 Å². The first-order valence-corrected chi connectivity index (χ1v) is 13.0. The molecular weight excluding hydrogens is 472 g/mol. The van der Waals surface area contributed by atoms with Gasteiger partial charge in [0.1, 0.15) is 11.4 Å². The molecule has 3 atom stereocenters. The van der Waals surface area contributed by atoms with Gasteiger partial charge < -0.3 is 29.9 Å². The van der Waals surface area contributed by atoms with E-state index in [1.54, 1.807) is 12.4 Å². The number of carbonyl (C=O) groups is 1. The minimum absolute atomic E-state index is 0.154. The van der Waals surface area contributed by atoms with E-state index in [4.69, 9.17) is 25.2 Å². The van der Waals surface area contributed by atoms with Crippen LogP contribution < -0.4 is 15.5 Å². The highest BCUT2D eigenvalue weighted by Crippen LogP contribution is 2.43. The van der Waals surface area contributed by atoms with Crippen LogP contribution in [0.3, 0.4) is 0 Å². The van der Waals surface area contributed by atoms with Crippen LogP contribution in [0.1, 0.15) is 47.1 Å². The molecule has 3 aliphatic heterocycles. The molecule has 2 aromatic heterocycles. The van der Waals surface area contributed by atoms with E-state index in [1.165, 1.54) is 0 Å². The van der Waals surface area contributed by atoms with Gasteiger partial charge in [-0.3, -0.25) is 0 Å². The van der Waals surface area contributed by atoms with E-state index in [-0.39, 0.29) is 29.5 Å². The number of hydrogen-bond acceptors (Lipinski definition) is 10. The number of amides is 1. The molecule has 0 aromatic carbocycles. The molecule has 37 heavy (non-hydrogen) atoms. The molecule has 2 N–H and O–H groups in total. The van der Waals surface area contributed by atoms with Crippen LogP contribution in [-0.2, 0) is 15.9 Å². The number of likely N-dealkylation sites (tertiary alicyclic amines) is 1. The van der Waals surface area contributed by atoms with E-state index < -0.39 is 5.60 Å². The lowest BCUT2D eigenvalue weighted by atomic mass is 9.89. The highest BCUT2D eigenvalue weighted by Gasteiger charge is 2.50. The van der Waals surface area contributed by atoms with E-state index in [9.17, 15) is 4.79 Å². The SMILES string of the molecule is C[C@H]1COCCN1c1nc(-c2cnc(N)nc2)c2c(n1)N([C@@]1(C)CN(C(=O)OC(C)(C)C)C[C@@H]1C)CC2. The normalized spacial score (nSPS) is 25.9. The van der Waals surface area contributed by atoms with Gasteiger partial charge in [0.15, 0.2) is 0 Å². The van der Waals surface area contributed by atoms with E-state index in [0.717, 1.165) is 42.1 Å². The van der Waals surface area contributed by atoms with Crippen LogP contribution in [0.5, 0.6) is 0 Å². The molecule has 0 unspecified atom stereocenters. The summed E-state index contributed by atoms with van der Waals surface area (Å²) >= 11 is 0. The third-order valence-corrected chi connectivity index (χ3v) is 7.72. The number of morpholine rings is 1. The van der Waals surface area contributed by atoms with Gasteiger partial charge in [0, 0.05) is 49.7 Å². The lowest BCUT2D eigenvalue weighted by Gasteiger charge is -2.40. The first-order chi connectivity index (χ1) is 17.5. The molecule has 2 fully saturated rings. The van der Waals surface area contributed by atoms with Gasteiger partial charge in [-0.15, -0.1) is 0 Å². The highest BCUT2D eigenvalue weighted by molar-refractivity contribution is 5.74. The van der Waals surface area contributed by atoms with Gasteiger partial charge in [-0.25, -0.2) is 19.7 Å². The number of hydrogen-bond donors (Lipinski definition) is 1. The van der Waals surface area contributed by atoms with Crippen molar-refractivity contribution in [2.75, 3.05) is 54.9 Å². The molecule has 1 amide bonds. The fraction of sp³-hybridized carbons (Fsp3) is 0.654. The maximum Gasteiger partial charge on any atom is 0.410 e. The number of anilines is 3. The van der Waals surface area contributed by atoms with Gasteiger partial charge >= 0.3 is 6.09 Å². The minimum Gasteiger partial charge on any atom is -0.444 e. The predicted octanol–water partition coefficient (Wildman–Crippen LogP) is 2.75. The summed E-state index contributed by atoms with van der Waals surface area (Å²) in [4.78, 5) is 38.0. The van der Waals surface area contributed by atoms with Crippen LogP contribution in [0.4, 0.5) is 22.5 Å². The molecule has 11 nitrogen and oxygen atoms in total. The van der Waals surface area contributed by atoms with E-state index >= 15 is 0 Å². The number of rotatable bonds is 3. The molecule has 0 spiro atoms. The number of nitrogens with two attached hydrogens (primary N) is 1. The summed E-state index contributed by atoms with van der Waals surface area (Å²) in [6.07, 6.45) is 3.98. The first-order valence-electron chi connectivity index (χ1n) is 13.0. The maximum atomic E-state index is 12.9. The van der Waals surface area contributed by atoms with E-state index in [2.05, 4.69) is 40.5 Å². The summed E-state index contributed by atoms with van der Waals surface area (Å²) in [5.74, 6) is 2.03. The molecule has 0 saturated carbocycles. The lowest BCUT2D eigenvalue weighted by molar-refractivity contribution is 0.0282. The number of nitrogens with zero attached hydrogens (tertiary/aromatic N) is 7. The highest BCUT2D eigenvalue weighted by atomic mass is 16.6. The van der Waals surface area contributed by atoms with Crippen molar-refractivity contribution < 1.29 is 14.3 Å². The number of aromatic nitrogens is 4. The quantitative estimate of drug-likeness (QED) is 0.659.